The smallest absolute Gasteiger partial charge is 0.282 e. The van der Waals surface area contributed by atoms with Crippen LogP contribution in [-0.2, 0) is 14.9 Å². The van der Waals surface area contributed by atoms with E-state index in [1.54, 1.807) is 8.61 Å². The summed E-state index contributed by atoms with van der Waals surface area (Å²) in [5.74, 6) is 0.539. The molecule has 0 saturated carbocycles. The molecule has 118 valence electrons. The van der Waals surface area contributed by atoms with Crippen molar-refractivity contribution < 1.29 is 13.2 Å². The van der Waals surface area contributed by atoms with E-state index in [9.17, 15) is 8.42 Å². The predicted octanol–water partition coefficient (Wildman–Crippen LogP) is 0.400. The fraction of sp³-hybridized carbons (Fsp3) is 1.00. The highest BCUT2D eigenvalue weighted by molar-refractivity contribution is 7.86. The topological polar surface area (TPSA) is 75.9 Å². The van der Waals surface area contributed by atoms with Crippen molar-refractivity contribution in [2.24, 2.45) is 11.7 Å². The standard InChI is InChI=1S/C13H27N3O3S/c1-10-4-5-16(13(6-10)7-14)20(17,18)15-8-11(2)19-12(3)9-15/h10-13H,4-9,14H2,1-3H3. The van der Waals surface area contributed by atoms with Crippen molar-refractivity contribution >= 4 is 10.2 Å². The largest absolute Gasteiger partial charge is 0.373 e. The van der Waals surface area contributed by atoms with Crippen LogP contribution in [0.1, 0.15) is 33.6 Å². The van der Waals surface area contributed by atoms with Gasteiger partial charge in [-0.15, -0.1) is 0 Å². The van der Waals surface area contributed by atoms with Gasteiger partial charge in [-0.05, 0) is 32.6 Å². The average Bonchev–Trinajstić information content (AvgIpc) is 2.37. The molecule has 4 unspecified atom stereocenters. The maximum absolute atomic E-state index is 12.8. The van der Waals surface area contributed by atoms with Crippen molar-refractivity contribution in [3.05, 3.63) is 0 Å². The fourth-order valence-corrected chi connectivity index (χ4v) is 5.19. The van der Waals surface area contributed by atoms with E-state index in [1.165, 1.54) is 0 Å². The first-order chi connectivity index (χ1) is 9.34. The Bertz CT molecular complexity index is 419. The Kier molecular flexibility index (Phi) is 5.07. The number of nitrogens with two attached hydrogens (primary N) is 1. The zero-order valence-electron chi connectivity index (χ0n) is 12.7. The molecule has 2 heterocycles. The number of rotatable bonds is 3. The second kappa shape index (κ2) is 6.27. The summed E-state index contributed by atoms with van der Waals surface area (Å²) in [5.41, 5.74) is 5.79. The predicted molar refractivity (Wildman–Crippen MR) is 78.4 cm³/mol. The average molecular weight is 305 g/mol. The Labute approximate surface area is 122 Å². The van der Waals surface area contributed by atoms with E-state index in [1.807, 2.05) is 13.8 Å². The van der Waals surface area contributed by atoms with E-state index >= 15 is 0 Å². The molecule has 4 atom stereocenters. The zero-order chi connectivity index (χ0) is 14.9. The van der Waals surface area contributed by atoms with Gasteiger partial charge in [0.05, 0.1) is 12.2 Å². The summed E-state index contributed by atoms with van der Waals surface area (Å²) >= 11 is 0. The molecule has 0 amide bonds. The summed E-state index contributed by atoms with van der Waals surface area (Å²) in [7, 11) is -3.43. The second-order valence-electron chi connectivity index (χ2n) is 6.21. The highest BCUT2D eigenvalue weighted by Gasteiger charge is 2.40. The summed E-state index contributed by atoms with van der Waals surface area (Å²) in [4.78, 5) is 0. The summed E-state index contributed by atoms with van der Waals surface area (Å²) in [6, 6.07) is -0.0720. The lowest BCUT2D eigenvalue weighted by atomic mass is 9.94. The fourth-order valence-electron chi connectivity index (χ4n) is 3.22. The maximum Gasteiger partial charge on any atom is 0.282 e. The molecule has 2 fully saturated rings. The molecule has 0 aromatic heterocycles. The van der Waals surface area contributed by atoms with Crippen LogP contribution in [-0.4, -0.2) is 61.5 Å². The van der Waals surface area contributed by atoms with Gasteiger partial charge in [-0.3, -0.25) is 0 Å². The van der Waals surface area contributed by atoms with Crippen LogP contribution in [0.4, 0.5) is 0 Å². The number of piperidine rings is 1. The van der Waals surface area contributed by atoms with Gasteiger partial charge in [0.1, 0.15) is 0 Å². The van der Waals surface area contributed by atoms with Crippen LogP contribution < -0.4 is 5.73 Å². The number of nitrogens with zero attached hydrogens (tertiary/aromatic N) is 2. The Morgan fingerprint density at radius 1 is 1.20 bits per heavy atom. The third kappa shape index (κ3) is 3.33. The third-order valence-corrected chi connectivity index (χ3v) is 6.23. The highest BCUT2D eigenvalue weighted by atomic mass is 32.2. The minimum atomic E-state index is -3.43. The molecule has 2 N–H and O–H groups in total. The van der Waals surface area contributed by atoms with Crippen LogP contribution in [0.25, 0.3) is 0 Å². The summed E-state index contributed by atoms with van der Waals surface area (Å²) < 4.78 is 34.5. The molecule has 2 rings (SSSR count). The summed E-state index contributed by atoms with van der Waals surface area (Å²) in [6.07, 6.45) is 1.64. The van der Waals surface area contributed by atoms with Crippen LogP contribution >= 0.6 is 0 Å². The Morgan fingerprint density at radius 2 is 1.80 bits per heavy atom. The molecule has 20 heavy (non-hydrogen) atoms. The minimum absolute atomic E-state index is 0.0615. The van der Waals surface area contributed by atoms with E-state index in [0.717, 1.165) is 12.8 Å². The Hall–Kier alpha value is -0.210. The van der Waals surface area contributed by atoms with Crippen LogP contribution in [0.15, 0.2) is 0 Å². The lowest BCUT2D eigenvalue weighted by Gasteiger charge is -2.42. The highest BCUT2D eigenvalue weighted by Crippen LogP contribution is 2.27. The van der Waals surface area contributed by atoms with Gasteiger partial charge in [0.15, 0.2) is 0 Å². The molecule has 0 radical (unpaired) electrons. The normalized spacial score (nSPS) is 38.0. The molecule has 2 aliphatic rings. The van der Waals surface area contributed by atoms with Crippen molar-refractivity contribution in [3.63, 3.8) is 0 Å². The van der Waals surface area contributed by atoms with Gasteiger partial charge in [0, 0.05) is 32.2 Å². The molecule has 0 bridgehead atoms. The van der Waals surface area contributed by atoms with Gasteiger partial charge >= 0.3 is 0 Å². The molecular weight excluding hydrogens is 278 g/mol. The van der Waals surface area contributed by atoms with E-state index in [2.05, 4.69) is 6.92 Å². The van der Waals surface area contributed by atoms with Crippen molar-refractivity contribution in [3.8, 4) is 0 Å². The second-order valence-corrected chi connectivity index (χ2v) is 8.09. The van der Waals surface area contributed by atoms with E-state index in [4.69, 9.17) is 10.5 Å². The van der Waals surface area contributed by atoms with Gasteiger partial charge in [-0.2, -0.15) is 17.0 Å². The van der Waals surface area contributed by atoms with E-state index < -0.39 is 10.2 Å². The van der Waals surface area contributed by atoms with Gasteiger partial charge in [0.2, 0.25) is 0 Å². The molecule has 2 saturated heterocycles. The van der Waals surface area contributed by atoms with Gasteiger partial charge in [0.25, 0.3) is 10.2 Å². The lowest BCUT2D eigenvalue weighted by molar-refractivity contribution is -0.0461. The van der Waals surface area contributed by atoms with Gasteiger partial charge in [-0.25, -0.2) is 0 Å². The van der Waals surface area contributed by atoms with Gasteiger partial charge in [-0.1, -0.05) is 6.92 Å². The monoisotopic (exact) mass is 305 g/mol. The third-order valence-electron chi connectivity index (χ3n) is 4.20. The van der Waals surface area contributed by atoms with Crippen molar-refractivity contribution in [2.75, 3.05) is 26.2 Å². The maximum atomic E-state index is 12.8. The Balaban J connectivity index is 2.16. The summed E-state index contributed by atoms with van der Waals surface area (Å²) in [6.45, 7) is 7.80. The number of hydrogen-bond donors (Lipinski definition) is 1. The van der Waals surface area contributed by atoms with Crippen LogP contribution in [0.3, 0.4) is 0 Å². The van der Waals surface area contributed by atoms with Crippen molar-refractivity contribution in [1.82, 2.24) is 8.61 Å². The Morgan fingerprint density at radius 3 is 2.35 bits per heavy atom. The molecule has 0 aromatic carbocycles. The number of hydrogen-bond acceptors (Lipinski definition) is 4. The van der Waals surface area contributed by atoms with Crippen molar-refractivity contribution in [1.29, 1.82) is 0 Å². The molecule has 0 spiro atoms. The summed E-state index contributed by atoms with van der Waals surface area (Å²) in [5, 5.41) is 0. The van der Waals surface area contributed by atoms with E-state index in [-0.39, 0.29) is 18.2 Å². The van der Waals surface area contributed by atoms with Crippen LogP contribution in [0.5, 0.6) is 0 Å². The number of morpholine rings is 1. The molecule has 6 nitrogen and oxygen atoms in total. The zero-order valence-corrected chi connectivity index (χ0v) is 13.5. The van der Waals surface area contributed by atoms with Crippen molar-refractivity contribution in [2.45, 2.75) is 51.9 Å². The van der Waals surface area contributed by atoms with Crippen LogP contribution in [0, 0.1) is 5.92 Å². The first kappa shape index (κ1) is 16.2. The first-order valence-electron chi connectivity index (χ1n) is 7.47. The first-order valence-corrected chi connectivity index (χ1v) is 8.86. The SMILES string of the molecule is CC1CCN(S(=O)(=O)N2CC(C)OC(C)C2)C(CN)C1. The minimum Gasteiger partial charge on any atom is -0.373 e. The molecule has 2 aliphatic heterocycles. The molecule has 0 aromatic rings. The quantitative estimate of drug-likeness (QED) is 0.819. The van der Waals surface area contributed by atoms with E-state index in [0.29, 0.717) is 32.1 Å². The van der Waals surface area contributed by atoms with Gasteiger partial charge < -0.3 is 10.5 Å². The number of ether oxygens (including phenoxy) is 1. The molecule has 7 heteroatoms. The molecule has 0 aliphatic carbocycles. The molecular formula is C13H27N3O3S. The lowest BCUT2D eigenvalue weighted by Crippen LogP contribution is -2.58. The van der Waals surface area contributed by atoms with Crippen LogP contribution in [0.2, 0.25) is 0 Å².